The molecule has 0 radical (unpaired) electrons. The molecule has 0 saturated carbocycles. The van der Waals surface area contributed by atoms with Crippen molar-refractivity contribution in [3.8, 4) is 11.3 Å². The number of hydrogen-bond acceptors (Lipinski definition) is 3. The van der Waals surface area contributed by atoms with Crippen molar-refractivity contribution < 1.29 is 0 Å². The Kier molecular flexibility index (Phi) is 2.28. The van der Waals surface area contributed by atoms with E-state index in [9.17, 15) is 0 Å². The average Bonchev–Trinajstić information content (AvgIpc) is 2.47. The molecule has 1 aromatic heterocycles. The van der Waals surface area contributed by atoms with Gasteiger partial charge in [-0.3, -0.25) is 4.68 Å². The number of hydrogen-bond donors (Lipinski definition) is 2. The monoisotopic (exact) mass is 222 g/mol. The summed E-state index contributed by atoms with van der Waals surface area (Å²) in [5.41, 5.74) is 13.6. The second-order valence-corrected chi connectivity index (χ2v) is 3.71. The number of aryl methyl sites for hydroxylation is 1. The Bertz CT molecular complexity index is 487. The van der Waals surface area contributed by atoms with Crippen LogP contribution in [0.5, 0.6) is 0 Å². The fourth-order valence-electron chi connectivity index (χ4n) is 1.37. The molecule has 2 rings (SSSR count). The number of aromatic nitrogens is 2. The first-order valence-electron chi connectivity index (χ1n) is 4.43. The van der Waals surface area contributed by atoms with Gasteiger partial charge >= 0.3 is 0 Å². The van der Waals surface area contributed by atoms with Crippen LogP contribution in [0.1, 0.15) is 0 Å². The van der Waals surface area contributed by atoms with E-state index in [0.29, 0.717) is 22.2 Å². The van der Waals surface area contributed by atoms with Crippen LogP contribution in [0.4, 0.5) is 11.5 Å². The van der Waals surface area contributed by atoms with Gasteiger partial charge in [0.15, 0.2) is 0 Å². The van der Waals surface area contributed by atoms with Gasteiger partial charge in [0.1, 0.15) is 17.2 Å². The van der Waals surface area contributed by atoms with Gasteiger partial charge in [0.2, 0.25) is 0 Å². The van der Waals surface area contributed by atoms with Crippen molar-refractivity contribution in [1.29, 1.82) is 0 Å². The van der Waals surface area contributed by atoms with Crippen molar-refractivity contribution in [2.75, 3.05) is 11.5 Å². The summed E-state index contributed by atoms with van der Waals surface area (Å²) < 4.78 is 1.55. The third-order valence-corrected chi connectivity index (χ3v) is 2.50. The van der Waals surface area contributed by atoms with Crippen LogP contribution < -0.4 is 11.5 Å². The lowest BCUT2D eigenvalue weighted by molar-refractivity contribution is 0.782. The smallest absolute Gasteiger partial charge is 0.145 e. The molecule has 1 heterocycles. The standard InChI is InChI=1S/C10H11ClN4/c1-15-10(13)8(12)9(14-15)6-2-4-7(11)5-3-6/h2-5H,12-13H2,1H3. The highest BCUT2D eigenvalue weighted by Gasteiger charge is 2.11. The molecule has 0 aliphatic carbocycles. The molecule has 1 aromatic carbocycles. The zero-order chi connectivity index (χ0) is 11.0. The fraction of sp³-hybridized carbons (Fsp3) is 0.100. The van der Waals surface area contributed by atoms with E-state index in [0.717, 1.165) is 5.56 Å². The maximum absolute atomic E-state index is 5.83. The zero-order valence-electron chi connectivity index (χ0n) is 8.24. The number of nitrogens with two attached hydrogens (primary N) is 2. The molecule has 78 valence electrons. The summed E-state index contributed by atoms with van der Waals surface area (Å²) in [5.74, 6) is 0.472. The molecule has 0 atom stereocenters. The van der Waals surface area contributed by atoms with Crippen LogP contribution in [-0.2, 0) is 7.05 Å². The molecule has 4 N–H and O–H groups in total. The van der Waals surface area contributed by atoms with E-state index >= 15 is 0 Å². The summed E-state index contributed by atoms with van der Waals surface area (Å²) in [6.07, 6.45) is 0. The molecule has 0 fully saturated rings. The van der Waals surface area contributed by atoms with Gasteiger partial charge < -0.3 is 11.5 Å². The third kappa shape index (κ3) is 1.64. The minimum Gasteiger partial charge on any atom is -0.394 e. The van der Waals surface area contributed by atoms with Crippen LogP contribution in [0.25, 0.3) is 11.3 Å². The van der Waals surface area contributed by atoms with Gasteiger partial charge in [0.05, 0.1) is 0 Å². The molecule has 5 heteroatoms. The van der Waals surface area contributed by atoms with Crippen molar-refractivity contribution in [2.45, 2.75) is 0 Å². The molecule has 0 spiro atoms. The number of rotatable bonds is 1. The normalized spacial score (nSPS) is 10.5. The number of anilines is 2. The van der Waals surface area contributed by atoms with Gasteiger partial charge in [-0.1, -0.05) is 23.7 Å². The molecular weight excluding hydrogens is 212 g/mol. The first-order chi connectivity index (χ1) is 7.09. The van der Waals surface area contributed by atoms with E-state index in [1.807, 2.05) is 12.1 Å². The van der Waals surface area contributed by atoms with E-state index in [1.165, 1.54) is 0 Å². The van der Waals surface area contributed by atoms with Crippen molar-refractivity contribution in [3.05, 3.63) is 29.3 Å². The van der Waals surface area contributed by atoms with Crippen molar-refractivity contribution in [1.82, 2.24) is 9.78 Å². The summed E-state index contributed by atoms with van der Waals surface area (Å²) in [6.45, 7) is 0. The summed E-state index contributed by atoms with van der Waals surface area (Å²) in [5, 5.41) is 4.91. The summed E-state index contributed by atoms with van der Waals surface area (Å²) in [6, 6.07) is 7.31. The molecule has 0 aliphatic heterocycles. The maximum atomic E-state index is 5.83. The Balaban J connectivity index is 2.54. The molecule has 15 heavy (non-hydrogen) atoms. The van der Waals surface area contributed by atoms with Gasteiger partial charge in [0.25, 0.3) is 0 Å². The zero-order valence-corrected chi connectivity index (χ0v) is 8.99. The highest BCUT2D eigenvalue weighted by Crippen LogP contribution is 2.29. The molecule has 4 nitrogen and oxygen atoms in total. The number of nitrogen functional groups attached to an aromatic ring is 2. The van der Waals surface area contributed by atoms with Gasteiger partial charge in [-0.25, -0.2) is 0 Å². The molecular formula is C10H11ClN4. The number of halogens is 1. The SMILES string of the molecule is Cn1nc(-c2ccc(Cl)cc2)c(N)c1N. The average molecular weight is 223 g/mol. The van der Waals surface area contributed by atoms with Gasteiger partial charge in [-0.2, -0.15) is 5.10 Å². The highest BCUT2D eigenvalue weighted by molar-refractivity contribution is 6.30. The number of benzene rings is 1. The van der Waals surface area contributed by atoms with Gasteiger partial charge in [0, 0.05) is 17.6 Å². The Morgan fingerprint density at radius 2 is 1.80 bits per heavy atom. The lowest BCUT2D eigenvalue weighted by Crippen LogP contribution is -1.98. The molecule has 0 amide bonds. The van der Waals surface area contributed by atoms with Crippen molar-refractivity contribution in [3.63, 3.8) is 0 Å². The van der Waals surface area contributed by atoms with Crippen LogP contribution in [0.3, 0.4) is 0 Å². The molecule has 2 aromatic rings. The summed E-state index contributed by atoms with van der Waals surface area (Å²) in [7, 11) is 1.76. The van der Waals surface area contributed by atoms with Gasteiger partial charge in [-0.05, 0) is 12.1 Å². The third-order valence-electron chi connectivity index (χ3n) is 2.25. The van der Waals surface area contributed by atoms with Gasteiger partial charge in [-0.15, -0.1) is 0 Å². The number of nitrogens with zero attached hydrogens (tertiary/aromatic N) is 2. The predicted octanol–water partition coefficient (Wildman–Crippen LogP) is 1.90. The molecule has 0 aliphatic rings. The van der Waals surface area contributed by atoms with E-state index in [1.54, 1.807) is 23.9 Å². The molecule has 0 saturated heterocycles. The first-order valence-corrected chi connectivity index (χ1v) is 4.81. The van der Waals surface area contributed by atoms with Crippen molar-refractivity contribution in [2.24, 2.45) is 7.05 Å². The van der Waals surface area contributed by atoms with E-state index < -0.39 is 0 Å². The fourth-order valence-corrected chi connectivity index (χ4v) is 1.50. The maximum Gasteiger partial charge on any atom is 0.145 e. The predicted molar refractivity (Wildman–Crippen MR) is 62.5 cm³/mol. The second kappa shape index (κ2) is 3.47. The molecule has 0 unspecified atom stereocenters. The van der Waals surface area contributed by atoms with E-state index in [4.69, 9.17) is 23.1 Å². The van der Waals surface area contributed by atoms with E-state index in [2.05, 4.69) is 5.10 Å². The Morgan fingerprint density at radius 1 is 1.20 bits per heavy atom. The highest BCUT2D eigenvalue weighted by atomic mass is 35.5. The van der Waals surface area contributed by atoms with Crippen LogP contribution in [-0.4, -0.2) is 9.78 Å². The first kappa shape index (κ1) is 9.86. The lowest BCUT2D eigenvalue weighted by atomic mass is 10.1. The molecule has 0 bridgehead atoms. The van der Waals surface area contributed by atoms with Crippen LogP contribution in [0, 0.1) is 0 Å². The van der Waals surface area contributed by atoms with Crippen LogP contribution in [0.2, 0.25) is 5.02 Å². The van der Waals surface area contributed by atoms with Crippen LogP contribution >= 0.6 is 11.6 Å². The Labute approximate surface area is 92.4 Å². The van der Waals surface area contributed by atoms with Crippen molar-refractivity contribution >= 4 is 23.1 Å². The largest absolute Gasteiger partial charge is 0.394 e. The minimum atomic E-state index is 0.472. The Hall–Kier alpha value is -1.68. The van der Waals surface area contributed by atoms with E-state index in [-0.39, 0.29) is 0 Å². The summed E-state index contributed by atoms with van der Waals surface area (Å²) in [4.78, 5) is 0. The quantitative estimate of drug-likeness (QED) is 0.774. The van der Waals surface area contributed by atoms with Crippen LogP contribution in [0.15, 0.2) is 24.3 Å². The topological polar surface area (TPSA) is 69.9 Å². The second-order valence-electron chi connectivity index (χ2n) is 3.28. The minimum absolute atomic E-state index is 0.472. The summed E-state index contributed by atoms with van der Waals surface area (Å²) >= 11 is 5.79. The lowest BCUT2D eigenvalue weighted by Gasteiger charge is -1.98. The Morgan fingerprint density at radius 3 is 2.27 bits per heavy atom.